The summed E-state index contributed by atoms with van der Waals surface area (Å²) in [6.45, 7) is 6.40. The minimum absolute atomic E-state index is 0.0897. The van der Waals surface area contributed by atoms with Crippen LogP contribution >= 0.6 is 0 Å². The van der Waals surface area contributed by atoms with Gasteiger partial charge in [0.05, 0.1) is 0 Å². The fraction of sp³-hybridized carbons (Fsp3) is 0.682. The van der Waals surface area contributed by atoms with E-state index in [0.29, 0.717) is 19.3 Å². The van der Waals surface area contributed by atoms with E-state index in [2.05, 4.69) is 130 Å². The molecular formula is C66H110O6. The second kappa shape index (κ2) is 59.6. The van der Waals surface area contributed by atoms with E-state index < -0.39 is 6.10 Å². The fourth-order valence-electron chi connectivity index (χ4n) is 8.11. The van der Waals surface area contributed by atoms with Crippen LogP contribution in [0.5, 0.6) is 0 Å². The molecule has 6 nitrogen and oxygen atoms in total. The molecule has 0 radical (unpaired) electrons. The van der Waals surface area contributed by atoms with Crippen molar-refractivity contribution in [3.63, 3.8) is 0 Å². The molecule has 0 saturated heterocycles. The predicted molar refractivity (Wildman–Crippen MR) is 311 cm³/mol. The van der Waals surface area contributed by atoms with Crippen molar-refractivity contribution in [3.05, 3.63) is 109 Å². The maximum absolute atomic E-state index is 12.9. The highest BCUT2D eigenvalue weighted by atomic mass is 16.6. The van der Waals surface area contributed by atoms with Gasteiger partial charge in [0.2, 0.25) is 0 Å². The largest absolute Gasteiger partial charge is 0.462 e. The molecule has 0 fully saturated rings. The Labute approximate surface area is 444 Å². The Morgan fingerprint density at radius 1 is 0.292 bits per heavy atom. The highest BCUT2D eigenvalue weighted by molar-refractivity contribution is 5.71. The van der Waals surface area contributed by atoms with Crippen LogP contribution < -0.4 is 0 Å². The number of allylic oxidation sites excluding steroid dienone is 18. The van der Waals surface area contributed by atoms with Crippen molar-refractivity contribution in [2.75, 3.05) is 13.2 Å². The van der Waals surface area contributed by atoms with Gasteiger partial charge in [-0.15, -0.1) is 0 Å². The second-order valence-electron chi connectivity index (χ2n) is 19.5. The van der Waals surface area contributed by atoms with Crippen LogP contribution in [0, 0.1) is 0 Å². The lowest BCUT2D eigenvalue weighted by Gasteiger charge is -2.18. The Balaban J connectivity index is 4.43. The Morgan fingerprint density at radius 3 is 0.847 bits per heavy atom. The summed E-state index contributed by atoms with van der Waals surface area (Å²) in [7, 11) is 0. The normalized spacial score (nSPS) is 12.9. The molecule has 0 bridgehead atoms. The van der Waals surface area contributed by atoms with E-state index in [-0.39, 0.29) is 31.1 Å². The zero-order valence-electron chi connectivity index (χ0n) is 46.9. The number of unbranched alkanes of at least 4 members (excludes halogenated alkanes) is 24. The van der Waals surface area contributed by atoms with Gasteiger partial charge < -0.3 is 14.2 Å². The Kier molecular flexibility index (Phi) is 56.4. The Bertz CT molecular complexity index is 1470. The van der Waals surface area contributed by atoms with Gasteiger partial charge in [0.1, 0.15) is 13.2 Å². The summed E-state index contributed by atoms with van der Waals surface area (Å²) in [6, 6.07) is 0. The molecule has 1 atom stereocenters. The monoisotopic (exact) mass is 999 g/mol. The van der Waals surface area contributed by atoms with Gasteiger partial charge in [-0.05, 0) is 103 Å². The molecule has 0 saturated carbocycles. The van der Waals surface area contributed by atoms with E-state index in [1.807, 2.05) is 0 Å². The molecule has 410 valence electrons. The smallest absolute Gasteiger partial charge is 0.306 e. The molecule has 0 rings (SSSR count). The van der Waals surface area contributed by atoms with E-state index in [4.69, 9.17) is 14.2 Å². The highest BCUT2D eigenvalue weighted by Crippen LogP contribution is 2.15. The molecule has 0 aliphatic carbocycles. The summed E-state index contributed by atoms with van der Waals surface area (Å²) in [6.07, 6.45) is 80.8. The molecule has 0 N–H and O–H groups in total. The Hall–Kier alpha value is -3.93. The summed E-state index contributed by atoms with van der Waals surface area (Å²) in [4.78, 5) is 38.2. The molecule has 0 aliphatic rings. The van der Waals surface area contributed by atoms with Crippen molar-refractivity contribution in [2.45, 2.75) is 277 Å². The summed E-state index contributed by atoms with van der Waals surface area (Å²) in [5.41, 5.74) is 0. The third-order valence-electron chi connectivity index (χ3n) is 12.5. The summed E-state index contributed by atoms with van der Waals surface area (Å²) in [5.74, 6) is -0.921. The third kappa shape index (κ3) is 57.0. The van der Waals surface area contributed by atoms with Gasteiger partial charge in [0.15, 0.2) is 6.10 Å². The zero-order valence-corrected chi connectivity index (χ0v) is 46.9. The molecule has 0 heterocycles. The summed E-state index contributed by atoms with van der Waals surface area (Å²) < 4.78 is 16.9. The number of hydrogen-bond acceptors (Lipinski definition) is 6. The lowest BCUT2D eigenvalue weighted by atomic mass is 10.0. The van der Waals surface area contributed by atoms with Gasteiger partial charge >= 0.3 is 17.9 Å². The molecule has 0 amide bonds. The van der Waals surface area contributed by atoms with E-state index in [9.17, 15) is 14.4 Å². The molecule has 0 aromatic carbocycles. The predicted octanol–water partition coefficient (Wildman–Crippen LogP) is 20.3. The lowest BCUT2D eigenvalue weighted by Crippen LogP contribution is -2.30. The van der Waals surface area contributed by atoms with Gasteiger partial charge in [0.25, 0.3) is 0 Å². The van der Waals surface area contributed by atoms with Gasteiger partial charge in [-0.1, -0.05) is 259 Å². The molecule has 6 heteroatoms. The number of carbonyl (C=O) groups is 3. The molecule has 1 unspecified atom stereocenters. The van der Waals surface area contributed by atoms with Crippen LogP contribution in [0.15, 0.2) is 109 Å². The molecule has 0 spiro atoms. The van der Waals surface area contributed by atoms with E-state index in [1.165, 1.54) is 96.3 Å². The van der Waals surface area contributed by atoms with Crippen molar-refractivity contribution in [1.82, 2.24) is 0 Å². The van der Waals surface area contributed by atoms with Crippen molar-refractivity contribution >= 4 is 17.9 Å². The van der Waals surface area contributed by atoms with E-state index >= 15 is 0 Å². The van der Waals surface area contributed by atoms with Gasteiger partial charge in [-0.3, -0.25) is 14.4 Å². The first kappa shape index (κ1) is 68.1. The van der Waals surface area contributed by atoms with Gasteiger partial charge in [-0.25, -0.2) is 0 Å². The van der Waals surface area contributed by atoms with Crippen LogP contribution in [0.25, 0.3) is 0 Å². The maximum atomic E-state index is 12.9. The van der Waals surface area contributed by atoms with Gasteiger partial charge in [0, 0.05) is 19.3 Å². The minimum Gasteiger partial charge on any atom is -0.462 e. The SMILES string of the molecule is CC/C=C\C/C=C\C/C=C\C/C=C\C/C=C\C/C=C\CCCCCCC(=O)OCC(COC(=O)CCCCCCCCCCCCCCCC)OC(=O)CCCCCCCCC/C=C\C/C=C\C/C=C\CC. The van der Waals surface area contributed by atoms with Crippen LogP contribution in [0.2, 0.25) is 0 Å². The van der Waals surface area contributed by atoms with Crippen LogP contribution in [-0.4, -0.2) is 37.2 Å². The molecule has 72 heavy (non-hydrogen) atoms. The average molecular weight is 1000 g/mol. The minimum atomic E-state index is -0.795. The molecule has 0 aromatic heterocycles. The quantitative estimate of drug-likeness (QED) is 0.0261. The average Bonchev–Trinajstić information content (AvgIpc) is 3.38. The van der Waals surface area contributed by atoms with Crippen LogP contribution in [0.3, 0.4) is 0 Å². The van der Waals surface area contributed by atoms with E-state index in [1.54, 1.807) is 0 Å². The summed E-state index contributed by atoms with van der Waals surface area (Å²) in [5, 5.41) is 0. The first-order valence-corrected chi connectivity index (χ1v) is 29.9. The van der Waals surface area contributed by atoms with Crippen molar-refractivity contribution < 1.29 is 28.6 Å². The van der Waals surface area contributed by atoms with Crippen molar-refractivity contribution in [3.8, 4) is 0 Å². The number of carbonyl (C=O) groups excluding carboxylic acids is 3. The van der Waals surface area contributed by atoms with Crippen molar-refractivity contribution in [2.24, 2.45) is 0 Å². The number of esters is 3. The lowest BCUT2D eigenvalue weighted by molar-refractivity contribution is -0.167. The molecule has 0 aromatic rings. The van der Waals surface area contributed by atoms with Crippen molar-refractivity contribution in [1.29, 1.82) is 0 Å². The Morgan fingerprint density at radius 2 is 0.542 bits per heavy atom. The summed E-state index contributed by atoms with van der Waals surface area (Å²) >= 11 is 0. The number of ether oxygens (including phenoxy) is 3. The number of hydrogen-bond donors (Lipinski definition) is 0. The topological polar surface area (TPSA) is 78.9 Å². The first-order valence-electron chi connectivity index (χ1n) is 29.9. The maximum Gasteiger partial charge on any atom is 0.306 e. The number of rotatable bonds is 53. The van der Waals surface area contributed by atoms with Gasteiger partial charge in [-0.2, -0.15) is 0 Å². The highest BCUT2D eigenvalue weighted by Gasteiger charge is 2.19. The zero-order chi connectivity index (χ0) is 52.2. The molecule has 0 aliphatic heterocycles. The standard InChI is InChI=1S/C66H110O6/c1-4-7-10-13-16-19-22-25-28-30-31-32-33-34-35-37-38-41-44-47-50-53-56-59-65(68)71-62-63(61-70-64(67)58-55-52-49-46-43-40-27-24-21-18-15-12-9-6-3)72-66(69)60-57-54-51-48-45-42-39-36-29-26-23-20-17-14-11-8-5-2/h7-8,10-11,16-17,19-20,25-26,28-29,31-32,34-35,38,41,63H,4-6,9,12-15,18,21-24,27,30,33,36-37,39-40,42-62H2,1-3H3/b10-7-,11-8-,19-16-,20-17-,28-25-,29-26-,32-31-,35-34-,41-38-. The first-order chi connectivity index (χ1) is 35.5. The second-order valence-corrected chi connectivity index (χ2v) is 19.5. The van der Waals surface area contributed by atoms with Crippen LogP contribution in [0.1, 0.15) is 271 Å². The molecular weight excluding hydrogens is 889 g/mol. The van der Waals surface area contributed by atoms with Crippen LogP contribution in [0.4, 0.5) is 0 Å². The van der Waals surface area contributed by atoms with E-state index in [0.717, 1.165) is 135 Å². The third-order valence-corrected chi connectivity index (χ3v) is 12.5. The van der Waals surface area contributed by atoms with Crippen LogP contribution in [-0.2, 0) is 28.6 Å². The fourth-order valence-corrected chi connectivity index (χ4v) is 8.11.